The van der Waals surface area contributed by atoms with E-state index in [-0.39, 0.29) is 24.2 Å². The Balaban J connectivity index is 2.49. The van der Waals surface area contributed by atoms with E-state index >= 15 is 0 Å². The van der Waals surface area contributed by atoms with E-state index in [1.54, 1.807) is 31.4 Å². The number of likely N-dealkylation sites (N-methyl/N-ethyl adjacent to an activating group) is 2. The van der Waals surface area contributed by atoms with Crippen LogP contribution in [-0.2, 0) is 16.1 Å². The number of alkyl halides is 1. The predicted molar refractivity (Wildman–Crippen MR) is 69.1 cm³/mol. The predicted octanol–water partition coefficient (Wildman–Crippen LogP) is 0.737. The second kappa shape index (κ2) is 6.96. The molecular formula is C12H16ClN3O2. The molecule has 5 nitrogen and oxygen atoms in total. The average Bonchev–Trinajstić information content (AvgIpc) is 2.38. The summed E-state index contributed by atoms with van der Waals surface area (Å²) < 4.78 is 0. The van der Waals surface area contributed by atoms with E-state index in [2.05, 4.69) is 4.98 Å². The first-order chi connectivity index (χ1) is 8.54. The summed E-state index contributed by atoms with van der Waals surface area (Å²) in [7, 11) is 3.24. The summed E-state index contributed by atoms with van der Waals surface area (Å²) in [6.45, 7) is 0.498. The standard InChI is InChI=1S/C12H16ClN3O2/c1-15(8-10-4-3-5-14-7-10)12(18)9-16(2)11(17)6-13/h3-5,7H,6,8-9H2,1-2H3. The first-order valence-corrected chi connectivity index (χ1v) is 6.01. The maximum atomic E-state index is 11.8. The fourth-order valence-electron chi connectivity index (χ4n) is 1.37. The van der Waals surface area contributed by atoms with Crippen molar-refractivity contribution in [3.8, 4) is 0 Å². The Morgan fingerprint density at radius 1 is 1.28 bits per heavy atom. The highest BCUT2D eigenvalue weighted by molar-refractivity contribution is 6.27. The maximum absolute atomic E-state index is 11.8. The molecule has 6 heteroatoms. The van der Waals surface area contributed by atoms with Gasteiger partial charge in [-0.1, -0.05) is 6.07 Å². The van der Waals surface area contributed by atoms with E-state index in [0.29, 0.717) is 6.54 Å². The highest BCUT2D eigenvalue weighted by atomic mass is 35.5. The summed E-state index contributed by atoms with van der Waals surface area (Å²) in [6, 6.07) is 3.71. The van der Waals surface area contributed by atoms with Crippen LogP contribution in [0.5, 0.6) is 0 Å². The molecule has 0 unspecified atom stereocenters. The molecule has 1 aromatic rings. The van der Waals surface area contributed by atoms with Crippen molar-refractivity contribution in [3.63, 3.8) is 0 Å². The van der Waals surface area contributed by atoms with E-state index in [4.69, 9.17) is 11.6 Å². The van der Waals surface area contributed by atoms with E-state index < -0.39 is 0 Å². The molecule has 0 bridgehead atoms. The van der Waals surface area contributed by atoms with Gasteiger partial charge in [0.05, 0.1) is 6.54 Å². The summed E-state index contributed by atoms with van der Waals surface area (Å²) in [4.78, 5) is 29.9. The summed E-state index contributed by atoms with van der Waals surface area (Å²) in [5.74, 6) is -0.518. The molecular weight excluding hydrogens is 254 g/mol. The molecule has 0 aliphatic carbocycles. The number of aromatic nitrogens is 1. The van der Waals surface area contributed by atoms with Crippen LogP contribution in [0.1, 0.15) is 5.56 Å². The quantitative estimate of drug-likeness (QED) is 0.741. The monoisotopic (exact) mass is 269 g/mol. The minimum Gasteiger partial charge on any atom is -0.340 e. The molecule has 1 heterocycles. The first kappa shape index (κ1) is 14.4. The number of carbonyl (C=O) groups is 2. The van der Waals surface area contributed by atoms with E-state index in [1.165, 1.54) is 4.90 Å². The van der Waals surface area contributed by atoms with Gasteiger partial charge >= 0.3 is 0 Å². The number of rotatable bonds is 5. The van der Waals surface area contributed by atoms with Gasteiger partial charge in [0.1, 0.15) is 5.88 Å². The van der Waals surface area contributed by atoms with Gasteiger partial charge in [-0.25, -0.2) is 0 Å². The largest absolute Gasteiger partial charge is 0.340 e. The van der Waals surface area contributed by atoms with Gasteiger partial charge in [0.2, 0.25) is 11.8 Å². The van der Waals surface area contributed by atoms with Crippen LogP contribution in [0.4, 0.5) is 0 Å². The number of amides is 2. The molecule has 0 fully saturated rings. The third kappa shape index (κ3) is 4.33. The highest BCUT2D eigenvalue weighted by Crippen LogP contribution is 2.01. The second-order valence-corrected chi connectivity index (χ2v) is 4.26. The molecule has 0 aromatic carbocycles. The van der Waals surface area contributed by atoms with E-state index in [0.717, 1.165) is 5.56 Å². The fourth-order valence-corrected chi connectivity index (χ4v) is 1.57. The molecule has 0 saturated heterocycles. The number of hydrogen-bond acceptors (Lipinski definition) is 3. The zero-order chi connectivity index (χ0) is 13.5. The van der Waals surface area contributed by atoms with Crippen molar-refractivity contribution >= 4 is 23.4 Å². The van der Waals surface area contributed by atoms with Crippen molar-refractivity contribution in [3.05, 3.63) is 30.1 Å². The van der Waals surface area contributed by atoms with Crippen molar-refractivity contribution in [2.24, 2.45) is 0 Å². The second-order valence-electron chi connectivity index (χ2n) is 3.99. The summed E-state index contributed by atoms with van der Waals surface area (Å²) in [6.07, 6.45) is 3.38. The van der Waals surface area contributed by atoms with E-state index in [9.17, 15) is 9.59 Å². The van der Waals surface area contributed by atoms with E-state index in [1.807, 2.05) is 12.1 Å². The van der Waals surface area contributed by atoms with Gasteiger partial charge in [-0.05, 0) is 11.6 Å². The molecule has 18 heavy (non-hydrogen) atoms. The molecule has 0 spiro atoms. The summed E-state index contributed by atoms with van der Waals surface area (Å²) >= 11 is 5.42. The van der Waals surface area contributed by atoms with Crippen molar-refractivity contribution < 1.29 is 9.59 Å². The topological polar surface area (TPSA) is 53.5 Å². The van der Waals surface area contributed by atoms with Crippen LogP contribution in [0.15, 0.2) is 24.5 Å². The van der Waals surface area contributed by atoms with Crippen LogP contribution in [-0.4, -0.2) is 53.1 Å². The Morgan fingerprint density at radius 2 is 2.00 bits per heavy atom. The smallest absolute Gasteiger partial charge is 0.242 e. The normalized spacial score (nSPS) is 9.94. The first-order valence-electron chi connectivity index (χ1n) is 5.47. The molecule has 0 N–H and O–H groups in total. The van der Waals surface area contributed by atoms with Gasteiger partial charge in [-0.3, -0.25) is 14.6 Å². The Labute approximate surface area is 111 Å². The molecule has 0 saturated carbocycles. The van der Waals surface area contributed by atoms with Crippen molar-refractivity contribution in [1.29, 1.82) is 0 Å². The number of halogens is 1. The lowest BCUT2D eigenvalue weighted by Crippen LogP contribution is -2.39. The molecule has 98 valence electrons. The minimum absolute atomic E-state index is 0.0301. The van der Waals surface area contributed by atoms with Crippen LogP contribution in [0.3, 0.4) is 0 Å². The zero-order valence-electron chi connectivity index (χ0n) is 10.5. The number of pyridine rings is 1. The molecule has 0 aliphatic heterocycles. The molecule has 1 aromatic heterocycles. The summed E-state index contributed by atoms with van der Waals surface area (Å²) in [5.41, 5.74) is 0.944. The molecule has 0 aliphatic rings. The third-order valence-corrected chi connectivity index (χ3v) is 2.71. The van der Waals surface area contributed by atoms with Crippen molar-refractivity contribution in [2.75, 3.05) is 26.5 Å². The molecule has 1 rings (SSSR count). The van der Waals surface area contributed by atoms with Gasteiger partial charge in [0.25, 0.3) is 0 Å². The van der Waals surface area contributed by atoms with Crippen LogP contribution in [0, 0.1) is 0 Å². The van der Waals surface area contributed by atoms with Crippen molar-refractivity contribution in [1.82, 2.24) is 14.8 Å². The number of nitrogens with zero attached hydrogens (tertiary/aromatic N) is 3. The Hall–Kier alpha value is -1.62. The van der Waals surface area contributed by atoms with Crippen LogP contribution in [0.25, 0.3) is 0 Å². The van der Waals surface area contributed by atoms with Gasteiger partial charge in [0, 0.05) is 33.0 Å². The van der Waals surface area contributed by atoms with Gasteiger partial charge in [0.15, 0.2) is 0 Å². The van der Waals surface area contributed by atoms with Gasteiger partial charge in [-0.2, -0.15) is 0 Å². The van der Waals surface area contributed by atoms with Crippen molar-refractivity contribution in [2.45, 2.75) is 6.54 Å². The Kier molecular flexibility index (Phi) is 5.58. The Morgan fingerprint density at radius 3 is 2.56 bits per heavy atom. The Bertz CT molecular complexity index is 411. The number of hydrogen-bond donors (Lipinski definition) is 0. The fraction of sp³-hybridized carbons (Fsp3) is 0.417. The van der Waals surface area contributed by atoms with Gasteiger partial charge in [-0.15, -0.1) is 11.6 Å². The lowest BCUT2D eigenvalue weighted by molar-refractivity contribution is -0.137. The maximum Gasteiger partial charge on any atom is 0.242 e. The zero-order valence-corrected chi connectivity index (χ0v) is 11.2. The molecule has 2 amide bonds. The number of carbonyl (C=O) groups excluding carboxylic acids is 2. The molecule has 0 radical (unpaired) electrons. The highest BCUT2D eigenvalue weighted by Gasteiger charge is 2.15. The lowest BCUT2D eigenvalue weighted by Gasteiger charge is -2.21. The SMILES string of the molecule is CN(CC(=O)N(C)Cc1cccnc1)C(=O)CCl. The molecule has 0 atom stereocenters. The van der Waals surface area contributed by atoms with Crippen LogP contribution in [0.2, 0.25) is 0 Å². The minimum atomic E-state index is -0.264. The van der Waals surface area contributed by atoms with Gasteiger partial charge < -0.3 is 9.80 Å². The van der Waals surface area contributed by atoms with Crippen LogP contribution < -0.4 is 0 Å². The van der Waals surface area contributed by atoms with Crippen LogP contribution >= 0.6 is 11.6 Å². The lowest BCUT2D eigenvalue weighted by atomic mass is 10.2. The summed E-state index contributed by atoms with van der Waals surface area (Å²) in [5, 5.41) is 0. The average molecular weight is 270 g/mol. The third-order valence-electron chi connectivity index (χ3n) is 2.48.